The van der Waals surface area contributed by atoms with Crippen molar-refractivity contribution in [1.29, 1.82) is 0 Å². The summed E-state index contributed by atoms with van der Waals surface area (Å²) in [5.74, 6) is 0. The van der Waals surface area contributed by atoms with Gasteiger partial charge in [-0.1, -0.05) is 19.1 Å². The average molecular weight is 305 g/mol. The highest BCUT2D eigenvalue weighted by Crippen LogP contribution is 2.19. The number of rotatable bonds is 5. The molecule has 112 valence electrons. The number of nitrogens with two attached hydrogens (primary N) is 1. The predicted octanol–water partition coefficient (Wildman–Crippen LogP) is 2.18. The highest BCUT2D eigenvalue weighted by Gasteiger charge is 2.23. The second-order valence-corrected chi connectivity index (χ2v) is 6.71. The van der Waals surface area contributed by atoms with Crippen LogP contribution in [-0.2, 0) is 16.6 Å². The highest BCUT2D eigenvalue weighted by molar-refractivity contribution is 7.89. The van der Waals surface area contributed by atoms with Crippen LogP contribution in [0.4, 0.5) is 5.69 Å². The van der Waals surface area contributed by atoms with Crippen molar-refractivity contribution in [2.75, 3.05) is 12.3 Å². The van der Waals surface area contributed by atoms with Crippen LogP contribution in [0.5, 0.6) is 0 Å². The van der Waals surface area contributed by atoms with E-state index in [0.29, 0.717) is 12.2 Å². The minimum absolute atomic E-state index is 0.206. The van der Waals surface area contributed by atoms with Crippen molar-refractivity contribution in [2.45, 2.75) is 25.3 Å². The van der Waals surface area contributed by atoms with E-state index in [0.717, 1.165) is 11.4 Å². The van der Waals surface area contributed by atoms with Gasteiger partial charge in [0.05, 0.1) is 17.1 Å². The second-order valence-electron chi connectivity index (χ2n) is 4.77. The summed E-state index contributed by atoms with van der Waals surface area (Å²) in [6.07, 6.45) is 0. The Morgan fingerprint density at radius 1 is 1.19 bits per heavy atom. The summed E-state index contributed by atoms with van der Waals surface area (Å²) in [7, 11) is -3.57. The van der Waals surface area contributed by atoms with E-state index >= 15 is 0 Å². The molecule has 0 aliphatic carbocycles. The molecule has 0 saturated heterocycles. The van der Waals surface area contributed by atoms with Crippen LogP contribution in [-0.4, -0.2) is 24.3 Å². The molecular formula is C15H19N3O2S. The minimum Gasteiger partial charge on any atom is -0.399 e. The number of nitrogen functional groups attached to an aromatic ring is 1. The van der Waals surface area contributed by atoms with Crippen LogP contribution < -0.4 is 5.73 Å². The van der Waals surface area contributed by atoms with Crippen LogP contribution in [0.15, 0.2) is 47.4 Å². The van der Waals surface area contributed by atoms with Gasteiger partial charge >= 0.3 is 0 Å². The summed E-state index contributed by atoms with van der Waals surface area (Å²) >= 11 is 0. The van der Waals surface area contributed by atoms with Crippen molar-refractivity contribution in [3.63, 3.8) is 0 Å². The van der Waals surface area contributed by atoms with E-state index in [9.17, 15) is 8.42 Å². The summed E-state index contributed by atoms with van der Waals surface area (Å²) in [4.78, 5) is 4.56. The molecule has 2 rings (SSSR count). The number of nitrogens with zero attached hydrogens (tertiary/aromatic N) is 2. The van der Waals surface area contributed by atoms with Gasteiger partial charge in [0.15, 0.2) is 0 Å². The van der Waals surface area contributed by atoms with E-state index < -0.39 is 10.0 Å². The molecular weight excluding hydrogens is 286 g/mol. The largest absolute Gasteiger partial charge is 0.399 e. The molecule has 0 saturated carbocycles. The van der Waals surface area contributed by atoms with Crippen LogP contribution in [0.2, 0.25) is 0 Å². The van der Waals surface area contributed by atoms with Crippen molar-refractivity contribution in [1.82, 2.24) is 9.29 Å². The molecule has 21 heavy (non-hydrogen) atoms. The summed E-state index contributed by atoms with van der Waals surface area (Å²) in [5.41, 5.74) is 7.70. The van der Waals surface area contributed by atoms with E-state index in [2.05, 4.69) is 4.98 Å². The molecule has 1 heterocycles. The van der Waals surface area contributed by atoms with Crippen LogP contribution in [0.25, 0.3) is 0 Å². The quantitative estimate of drug-likeness (QED) is 0.859. The molecule has 0 bridgehead atoms. The Balaban J connectivity index is 2.32. The lowest BCUT2D eigenvalue weighted by molar-refractivity contribution is 0.419. The summed E-state index contributed by atoms with van der Waals surface area (Å²) in [6, 6.07) is 11.9. The summed E-state index contributed by atoms with van der Waals surface area (Å²) in [6.45, 7) is 4.30. The Morgan fingerprint density at radius 3 is 2.52 bits per heavy atom. The molecule has 0 aliphatic heterocycles. The van der Waals surface area contributed by atoms with Crippen LogP contribution in [0.1, 0.15) is 18.3 Å². The molecule has 1 aromatic heterocycles. The first-order valence-corrected chi connectivity index (χ1v) is 8.15. The Kier molecular flexibility index (Phi) is 4.59. The molecule has 0 atom stereocenters. The maximum absolute atomic E-state index is 12.6. The van der Waals surface area contributed by atoms with Gasteiger partial charge in [-0.05, 0) is 37.3 Å². The van der Waals surface area contributed by atoms with Crippen LogP contribution in [0.3, 0.4) is 0 Å². The summed E-state index contributed by atoms with van der Waals surface area (Å²) in [5, 5.41) is 0. The van der Waals surface area contributed by atoms with Crippen molar-refractivity contribution in [2.24, 2.45) is 0 Å². The Bertz CT molecular complexity index is 729. The third-order valence-electron chi connectivity index (χ3n) is 3.13. The topological polar surface area (TPSA) is 76.3 Å². The van der Waals surface area contributed by atoms with Crippen LogP contribution >= 0.6 is 0 Å². The number of sulfonamides is 1. The third kappa shape index (κ3) is 3.59. The van der Waals surface area contributed by atoms with E-state index in [1.807, 2.05) is 25.1 Å². The van der Waals surface area contributed by atoms with Gasteiger partial charge in [-0.3, -0.25) is 4.98 Å². The van der Waals surface area contributed by atoms with Gasteiger partial charge in [0, 0.05) is 17.9 Å². The lowest BCUT2D eigenvalue weighted by Crippen LogP contribution is -2.30. The first kappa shape index (κ1) is 15.5. The number of hydrogen-bond donors (Lipinski definition) is 1. The molecule has 2 N–H and O–H groups in total. The first-order valence-electron chi connectivity index (χ1n) is 6.71. The first-order chi connectivity index (χ1) is 9.93. The van der Waals surface area contributed by atoms with E-state index in [4.69, 9.17) is 5.73 Å². The van der Waals surface area contributed by atoms with Gasteiger partial charge in [-0.15, -0.1) is 0 Å². The average Bonchev–Trinajstić information content (AvgIpc) is 2.44. The number of benzene rings is 1. The Morgan fingerprint density at radius 2 is 1.90 bits per heavy atom. The Labute approximate surface area is 125 Å². The van der Waals surface area contributed by atoms with Gasteiger partial charge < -0.3 is 5.73 Å². The van der Waals surface area contributed by atoms with Gasteiger partial charge in [0.1, 0.15) is 0 Å². The SMILES string of the molecule is CCN(Cc1cccc(C)n1)S(=O)(=O)c1cccc(N)c1. The summed E-state index contributed by atoms with van der Waals surface area (Å²) < 4.78 is 26.7. The zero-order chi connectivity index (χ0) is 15.5. The number of aryl methyl sites for hydroxylation is 1. The van der Waals surface area contributed by atoms with Gasteiger partial charge in [-0.2, -0.15) is 4.31 Å². The molecule has 2 aromatic rings. The smallest absolute Gasteiger partial charge is 0.243 e. The zero-order valence-electron chi connectivity index (χ0n) is 12.2. The monoisotopic (exact) mass is 305 g/mol. The fourth-order valence-corrected chi connectivity index (χ4v) is 3.53. The molecule has 0 unspecified atom stereocenters. The van der Waals surface area contributed by atoms with Gasteiger partial charge in [0.25, 0.3) is 0 Å². The van der Waals surface area contributed by atoms with Crippen molar-refractivity contribution in [3.05, 3.63) is 53.9 Å². The third-order valence-corrected chi connectivity index (χ3v) is 5.05. The number of aromatic nitrogens is 1. The molecule has 0 fully saturated rings. The number of hydrogen-bond acceptors (Lipinski definition) is 4. The number of pyridine rings is 1. The number of anilines is 1. The fourth-order valence-electron chi connectivity index (χ4n) is 2.06. The maximum atomic E-state index is 12.6. The van der Waals surface area contributed by atoms with E-state index in [-0.39, 0.29) is 11.4 Å². The molecule has 1 aromatic carbocycles. The van der Waals surface area contributed by atoms with Crippen molar-refractivity contribution in [3.8, 4) is 0 Å². The second kappa shape index (κ2) is 6.24. The molecule has 0 radical (unpaired) electrons. The van der Waals surface area contributed by atoms with Crippen LogP contribution in [0, 0.1) is 6.92 Å². The normalized spacial score (nSPS) is 11.8. The molecule has 0 spiro atoms. The maximum Gasteiger partial charge on any atom is 0.243 e. The molecule has 6 heteroatoms. The highest BCUT2D eigenvalue weighted by atomic mass is 32.2. The Hall–Kier alpha value is -1.92. The molecule has 0 aliphatic rings. The zero-order valence-corrected chi connectivity index (χ0v) is 13.0. The standard InChI is InChI=1S/C15H19N3O2S/c1-3-18(11-14-8-4-6-12(2)17-14)21(19,20)15-9-5-7-13(16)10-15/h4-10H,3,11,16H2,1-2H3. The lowest BCUT2D eigenvalue weighted by Gasteiger charge is -2.20. The molecule has 5 nitrogen and oxygen atoms in total. The lowest BCUT2D eigenvalue weighted by atomic mass is 10.3. The van der Waals surface area contributed by atoms with E-state index in [1.165, 1.54) is 10.4 Å². The van der Waals surface area contributed by atoms with E-state index in [1.54, 1.807) is 25.1 Å². The van der Waals surface area contributed by atoms with Gasteiger partial charge in [0.2, 0.25) is 10.0 Å². The fraction of sp³-hybridized carbons (Fsp3) is 0.267. The molecule has 0 amide bonds. The van der Waals surface area contributed by atoms with Crippen molar-refractivity contribution >= 4 is 15.7 Å². The minimum atomic E-state index is -3.57. The van der Waals surface area contributed by atoms with Crippen molar-refractivity contribution < 1.29 is 8.42 Å². The van der Waals surface area contributed by atoms with Gasteiger partial charge in [-0.25, -0.2) is 8.42 Å². The predicted molar refractivity (Wildman–Crippen MR) is 83.1 cm³/mol.